The highest BCUT2D eigenvalue weighted by Crippen LogP contribution is 2.39. The zero-order chi connectivity index (χ0) is 27.1. The molecule has 0 saturated heterocycles. The summed E-state index contributed by atoms with van der Waals surface area (Å²) in [6, 6.07) is 19.5. The van der Waals surface area contributed by atoms with Crippen molar-refractivity contribution in [1.82, 2.24) is 5.32 Å². The topological polar surface area (TPSA) is 50.7 Å². The van der Waals surface area contributed by atoms with E-state index in [0.29, 0.717) is 11.1 Å². The first-order chi connectivity index (χ1) is 17.4. The molecule has 3 aromatic carbocycles. The highest BCUT2D eigenvalue weighted by Gasteiger charge is 2.38. The van der Waals surface area contributed by atoms with Gasteiger partial charge < -0.3 is 19.9 Å². The van der Waals surface area contributed by atoms with Gasteiger partial charge in [0.15, 0.2) is 0 Å². The minimum Gasteiger partial charge on any atom is -0.406 e. The highest BCUT2D eigenvalue weighted by molar-refractivity contribution is 6.18. The average molecular weight is 548 g/mol. The van der Waals surface area contributed by atoms with E-state index in [1.165, 1.54) is 24.3 Å². The van der Waals surface area contributed by atoms with Crippen molar-refractivity contribution < 1.29 is 40.9 Å². The Morgan fingerprint density at radius 3 is 1.73 bits per heavy atom. The molecule has 1 atom stereocenters. The molecule has 0 bridgehead atoms. The molecule has 0 aliphatic rings. The number of nitrogens with one attached hydrogen (secondary N) is 1. The van der Waals surface area contributed by atoms with E-state index in [4.69, 9.17) is 11.6 Å². The molecule has 0 spiro atoms. The van der Waals surface area contributed by atoms with Crippen molar-refractivity contribution in [3.63, 3.8) is 0 Å². The standard InChI is InChI=1S/C26H24ClF6NO3/c27-15-21(35)16-34-17-24(14-18-6-2-1-3-7-18,19-8-4-10-22(12-19)36-25(28,29)30)20-9-5-11-23(13-20)37-26(31,32)33/h1-13,21,34-35H,14-17H2. The van der Waals surface area contributed by atoms with Crippen LogP contribution in [-0.2, 0) is 11.8 Å². The summed E-state index contributed by atoms with van der Waals surface area (Å²) in [7, 11) is 0. The van der Waals surface area contributed by atoms with Crippen molar-refractivity contribution in [3.05, 3.63) is 95.6 Å². The van der Waals surface area contributed by atoms with Crippen molar-refractivity contribution in [3.8, 4) is 11.5 Å². The van der Waals surface area contributed by atoms with Crippen LogP contribution in [0.4, 0.5) is 26.3 Å². The van der Waals surface area contributed by atoms with Crippen LogP contribution >= 0.6 is 11.6 Å². The van der Waals surface area contributed by atoms with Gasteiger partial charge in [0.1, 0.15) is 11.5 Å². The first-order valence-corrected chi connectivity index (χ1v) is 11.6. The van der Waals surface area contributed by atoms with Crippen LogP contribution in [0, 0.1) is 0 Å². The third-order valence-electron chi connectivity index (χ3n) is 5.57. The number of rotatable bonds is 11. The van der Waals surface area contributed by atoms with Crippen LogP contribution in [-0.4, -0.2) is 42.9 Å². The second kappa shape index (κ2) is 12.1. The molecule has 1 unspecified atom stereocenters. The number of hydrogen-bond acceptors (Lipinski definition) is 4. The summed E-state index contributed by atoms with van der Waals surface area (Å²) in [6.07, 6.45) is -10.6. The van der Waals surface area contributed by atoms with Crippen LogP contribution in [0.15, 0.2) is 78.9 Å². The second-order valence-corrected chi connectivity index (χ2v) is 8.64. The van der Waals surface area contributed by atoms with Gasteiger partial charge in [0.2, 0.25) is 0 Å². The number of aliphatic hydroxyl groups excluding tert-OH is 1. The number of ether oxygens (including phenoxy) is 2. The molecule has 2 N–H and O–H groups in total. The van der Waals surface area contributed by atoms with Gasteiger partial charge in [0.05, 0.1) is 6.10 Å². The number of aliphatic hydroxyl groups is 1. The molecule has 0 aromatic heterocycles. The Kier molecular flexibility index (Phi) is 9.33. The molecule has 0 heterocycles. The van der Waals surface area contributed by atoms with E-state index < -0.39 is 35.7 Å². The van der Waals surface area contributed by atoms with Crippen LogP contribution in [0.1, 0.15) is 16.7 Å². The molecule has 4 nitrogen and oxygen atoms in total. The SMILES string of the molecule is OC(CCl)CNCC(Cc1ccccc1)(c1cccc(OC(F)(F)F)c1)c1cccc(OC(F)(F)F)c1. The zero-order valence-electron chi connectivity index (χ0n) is 19.3. The molecule has 0 aliphatic heterocycles. The number of alkyl halides is 7. The minimum atomic E-state index is -4.94. The maximum Gasteiger partial charge on any atom is 0.573 e. The van der Waals surface area contributed by atoms with Crippen molar-refractivity contribution in [2.24, 2.45) is 0 Å². The van der Waals surface area contributed by atoms with E-state index >= 15 is 0 Å². The smallest absolute Gasteiger partial charge is 0.406 e. The molecule has 11 heteroatoms. The predicted molar refractivity (Wildman–Crippen MR) is 127 cm³/mol. The van der Waals surface area contributed by atoms with Crippen LogP contribution < -0.4 is 14.8 Å². The normalized spacial score (nSPS) is 13.3. The van der Waals surface area contributed by atoms with Gasteiger partial charge in [0.25, 0.3) is 0 Å². The fraction of sp³-hybridized carbons (Fsp3) is 0.308. The summed E-state index contributed by atoms with van der Waals surface area (Å²) in [5.74, 6) is -1.03. The Hall–Kier alpha value is -2.95. The molecule has 0 fully saturated rings. The van der Waals surface area contributed by atoms with E-state index in [0.717, 1.165) is 17.7 Å². The first kappa shape index (κ1) is 28.6. The number of halogens is 7. The van der Waals surface area contributed by atoms with Crippen molar-refractivity contribution in [2.75, 3.05) is 19.0 Å². The Morgan fingerprint density at radius 1 is 0.757 bits per heavy atom. The van der Waals surface area contributed by atoms with Gasteiger partial charge in [-0.05, 0) is 47.4 Å². The molecular weight excluding hydrogens is 524 g/mol. The summed E-state index contributed by atoms with van der Waals surface area (Å²) in [6.45, 7) is 0.0678. The zero-order valence-corrected chi connectivity index (χ0v) is 20.1. The molecule has 0 saturated carbocycles. The summed E-state index contributed by atoms with van der Waals surface area (Å²) < 4.78 is 86.1. The molecule has 0 radical (unpaired) electrons. The monoisotopic (exact) mass is 547 g/mol. The predicted octanol–water partition coefficient (Wildman–Crippen LogP) is 6.20. The van der Waals surface area contributed by atoms with Gasteiger partial charge in [-0.25, -0.2) is 0 Å². The van der Waals surface area contributed by atoms with Gasteiger partial charge in [-0.15, -0.1) is 37.9 Å². The highest BCUT2D eigenvalue weighted by atomic mass is 35.5. The summed E-state index contributed by atoms with van der Waals surface area (Å²) >= 11 is 5.69. The lowest BCUT2D eigenvalue weighted by Crippen LogP contribution is -2.43. The number of benzene rings is 3. The van der Waals surface area contributed by atoms with Gasteiger partial charge in [0, 0.05) is 24.4 Å². The van der Waals surface area contributed by atoms with E-state index in [1.807, 2.05) is 0 Å². The Morgan fingerprint density at radius 2 is 1.27 bits per heavy atom. The van der Waals surface area contributed by atoms with E-state index in [9.17, 15) is 31.4 Å². The first-order valence-electron chi connectivity index (χ1n) is 11.1. The van der Waals surface area contributed by atoms with Gasteiger partial charge >= 0.3 is 12.7 Å². The van der Waals surface area contributed by atoms with Crippen LogP contribution in [0.25, 0.3) is 0 Å². The molecule has 3 aromatic rings. The molecular formula is C26H24ClF6NO3. The average Bonchev–Trinajstić information content (AvgIpc) is 2.82. The third kappa shape index (κ3) is 8.55. The van der Waals surface area contributed by atoms with Crippen LogP contribution in [0.2, 0.25) is 0 Å². The summed E-state index contributed by atoms with van der Waals surface area (Å²) in [5.41, 5.74) is 0.250. The van der Waals surface area contributed by atoms with E-state index in [1.54, 1.807) is 42.5 Å². The maximum atomic E-state index is 13.0. The summed E-state index contributed by atoms with van der Waals surface area (Å²) in [4.78, 5) is 0. The minimum absolute atomic E-state index is 0.0286. The van der Waals surface area contributed by atoms with Crippen molar-refractivity contribution in [2.45, 2.75) is 30.7 Å². The Labute approximate surface area is 214 Å². The Bertz CT molecular complexity index is 1080. The number of hydrogen-bond donors (Lipinski definition) is 2. The van der Waals surface area contributed by atoms with E-state index in [2.05, 4.69) is 14.8 Å². The fourth-order valence-electron chi connectivity index (χ4n) is 4.07. The van der Waals surface area contributed by atoms with Crippen LogP contribution in [0.3, 0.4) is 0 Å². The lowest BCUT2D eigenvalue weighted by Gasteiger charge is -2.36. The fourth-order valence-corrected chi connectivity index (χ4v) is 4.18. The summed E-state index contributed by atoms with van der Waals surface area (Å²) in [5, 5.41) is 13.0. The lowest BCUT2D eigenvalue weighted by molar-refractivity contribution is -0.275. The van der Waals surface area contributed by atoms with Gasteiger partial charge in [-0.1, -0.05) is 54.6 Å². The largest absolute Gasteiger partial charge is 0.573 e. The second-order valence-electron chi connectivity index (χ2n) is 8.33. The maximum absolute atomic E-state index is 13.0. The molecule has 3 rings (SSSR count). The molecule has 200 valence electrons. The van der Waals surface area contributed by atoms with Crippen molar-refractivity contribution >= 4 is 11.6 Å². The van der Waals surface area contributed by atoms with Crippen LogP contribution in [0.5, 0.6) is 11.5 Å². The molecule has 37 heavy (non-hydrogen) atoms. The van der Waals surface area contributed by atoms with E-state index in [-0.39, 0.29) is 25.4 Å². The Balaban J connectivity index is 2.18. The lowest BCUT2D eigenvalue weighted by atomic mass is 9.70. The van der Waals surface area contributed by atoms with Gasteiger partial charge in [-0.3, -0.25) is 0 Å². The van der Waals surface area contributed by atoms with Crippen molar-refractivity contribution in [1.29, 1.82) is 0 Å². The molecule has 0 aliphatic carbocycles. The third-order valence-corrected chi connectivity index (χ3v) is 5.93. The van der Waals surface area contributed by atoms with Gasteiger partial charge in [-0.2, -0.15) is 0 Å². The molecule has 0 amide bonds. The quantitative estimate of drug-likeness (QED) is 0.222.